The zero-order valence-electron chi connectivity index (χ0n) is 13.1. The van der Waals surface area contributed by atoms with Crippen molar-refractivity contribution in [2.45, 2.75) is 25.2 Å². The summed E-state index contributed by atoms with van der Waals surface area (Å²) in [5.41, 5.74) is -1.66. The summed E-state index contributed by atoms with van der Waals surface area (Å²) < 4.78 is 69.0. The van der Waals surface area contributed by atoms with Crippen molar-refractivity contribution in [1.82, 2.24) is 9.40 Å². The fourth-order valence-corrected chi connectivity index (χ4v) is 3.29. The Morgan fingerprint density at radius 1 is 1.23 bits per heavy atom. The highest BCUT2D eigenvalue weighted by Crippen LogP contribution is 2.42. The molecule has 1 aromatic heterocycles. The lowest BCUT2D eigenvalue weighted by Crippen LogP contribution is -2.35. The van der Waals surface area contributed by atoms with E-state index in [1.165, 1.54) is 0 Å². The highest BCUT2D eigenvalue weighted by Gasteiger charge is 2.39. The summed E-state index contributed by atoms with van der Waals surface area (Å²) in [5, 5.41) is 2.75. The van der Waals surface area contributed by atoms with Gasteiger partial charge in [0.1, 0.15) is 17.3 Å². The van der Waals surface area contributed by atoms with Gasteiger partial charge in [-0.3, -0.25) is 0 Å². The van der Waals surface area contributed by atoms with Gasteiger partial charge in [-0.2, -0.15) is 17.6 Å². The quantitative estimate of drug-likeness (QED) is 0.406. The Morgan fingerprint density at radius 2 is 1.85 bits per heavy atom. The molecule has 1 aromatic carbocycles. The molecule has 2 heterocycles. The summed E-state index contributed by atoms with van der Waals surface area (Å²) in [5.74, 6) is -1.87. The maximum Gasteiger partial charge on any atom is 0.433 e. The number of nitrogens with one attached hydrogen (secondary N) is 1. The van der Waals surface area contributed by atoms with E-state index in [4.69, 9.17) is 24.0 Å². The van der Waals surface area contributed by atoms with Gasteiger partial charge in [0, 0.05) is 11.1 Å². The Hall–Kier alpha value is -1.84. The number of hydrogen-bond donors (Lipinski definition) is 1. The molecule has 1 N–H and O–H groups in total. The maximum absolute atomic E-state index is 14.4. The van der Waals surface area contributed by atoms with E-state index in [9.17, 15) is 22.0 Å². The van der Waals surface area contributed by atoms with Gasteiger partial charge < -0.3 is 5.32 Å². The molecular weight excluding hydrogens is 397 g/mol. The third kappa shape index (κ3) is 3.26. The molecule has 0 aliphatic carbocycles. The lowest BCUT2D eigenvalue weighted by Gasteiger charge is -2.29. The average molecular weight is 408 g/mol. The van der Waals surface area contributed by atoms with Crippen LogP contribution in [0.2, 0.25) is 0 Å². The Kier molecular flexibility index (Phi) is 4.89. The molecule has 2 aromatic rings. The number of rotatable bonds is 1. The van der Waals surface area contributed by atoms with Crippen LogP contribution < -0.4 is 5.32 Å². The van der Waals surface area contributed by atoms with Gasteiger partial charge in [0.15, 0.2) is 0 Å². The Labute approximate surface area is 155 Å². The molecule has 10 heteroatoms. The van der Waals surface area contributed by atoms with Gasteiger partial charge >= 0.3 is 6.18 Å². The molecule has 0 fully saturated rings. The number of thiocarbonyl (C=S) groups is 1. The lowest BCUT2D eigenvalue weighted by molar-refractivity contribution is -0.141. The number of benzene rings is 1. The summed E-state index contributed by atoms with van der Waals surface area (Å²) in [7, 11) is 0. The summed E-state index contributed by atoms with van der Waals surface area (Å²) in [6, 6.07) is 1.84. The van der Waals surface area contributed by atoms with Crippen LogP contribution in [0.25, 0.3) is 0 Å². The molecule has 26 heavy (non-hydrogen) atoms. The topological polar surface area (TPSA) is 28.2 Å². The first kappa shape index (κ1) is 18.9. The highest BCUT2D eigenvalue weighted by atomic mass is 35.5. The number of alkyl halides is 3. The molecule has 138 valence electrons. The molecule has 1 aliphatic rings. The summed E-state index contributed by atoms with van der Waals surface area (Å²) in [4.78, 5) is 3.55. The number of aromatic nitrogens is 1. The van der Waals surface area contributed by atoms with Crippen molar-refractivity contribution in [3.8, 4) is 0 Å². The lowest BCUT2D eigenvalue weighted by atomic mass is 9.96. The maximum atomic E-state index is 14.4. The largest absolute Gasteiger partial charge is 0.433 e. The second kappa shape index (κ2) is 6.71. The first-order valence-corrected chi connectivity index (χ1v) is 8.12. The third-order valence-corrected chi connectivity index (χ3v) is 4.98. The minimum Gasteiger partial charge on any atom is -0.347 e. The molecule has 0 bridgehead atoms. The minimum absolute atomic E-state index is 0.0852. The van der Waals surface area contributed by atoms with Crippen molar-refractivity contribution in [2.24, 2.45) is 0 Å². The number of nitrogens with zero attached hydrogens (tertiary/aromatic N) is 2. The number of anilines is 1. The minimum atomic E-state index is -4.73. The SMILES string of the molecule is C[C@H]1C(=S)Nc2cnc(C(F)(F)F)cc2C(c2c(F)cccc2F)N1Cl. The van der Waals surface area contributed by atoms with Gasteiger partial charge in [-0.15, -0.1) is 0 Å². The molecule has 0 spiro atoms. The van der Waals surface area contributed by atoms with E-state index in [2.05, 4.69) is 10.3 Å². The van der Waals surface area contributed by atoms with Crippen LogP contribution in [0, 0.1) is 11.6 Å². The van der Waals surface area contributed by atoms with Crippen molar-refractivity contribution in [1.29, 1.82) is 0 Å². The number of fused-ring (bicyclic) bond motifs is 1. The van der Waals surface area contributed by atoms with E-state index in [-0.39, 0.29) is 16.2 Å². The molecule has 0 amide bonds. The molecule has 1 unspecified atom stereocenters. The molecular formula is C16H11ClF5N3S. The van der Waals surface area contributed by atoms with Crippen LogP contribution in [0.4, 0.5) is 27.6 Å². The van der Waals surface area contributed by atoms with Crippen LogP contribution >= 0.6 is 24.0 Å². The van der Waals surface area contributed by atoms with Crippen LogP contribution in [0.15, 0.2) is 30.5 Å². The number of hydrogen-bond acceptors (Lipinski definition) is 3. The van der Waals surface area contributed by atoms with E-state index < -0.39 is 41.2 Å². The van der Waals surface area contributed by atoms with Crippen molar-refractivity contribution in [2.75, 3.05) is 5.32 Å². The summed E-state index contributed by atoms with van der Waals surface area (Å²) in [6.07, 6.45) is -3.80. The van der Waals surface area contributed by atoms with E-state index >= 15 is 0 Å². The predicted octanol–water partition coefficient (Wildman–Crippen LogP) is 5.07. The predicted molar refractivity (Wildman–Crippen MR) is 90.8 cm³/mol. The molecule has 0 radical (unpaired) electrons. The highest BCUT2D eigenvalue weighted by molar-refractivity contribution is 7.80. The second-order valence-corrected chi connectivity index (χ2v) is 6.53. The second-order valence-electron chi connectivity index (χ2n) is 5.70. The van der Waals surface area contributed by atoms with Gasteiger partial charge in [-0.05, 0) is 36.9 Å². The van der Waals surface area contributed by atoms with Crippen LogP contribution in [-0.4, -0.2) is 20.4 Å². The fraction of sp³-hybridized carbons (Fsp3) is 0.250. The average Bonchev–Trinajstić information content (AvgIpc) is 2.64. The monoisotopic (exact) mass is 407 g/mol. The van der Waals surface area contributed by atoms with Gasteiger partial charge in [0.25, 0.3) is 0 Å². The van der Waals surface area contributed by atoms with Gasteiger partial charge in [0.05, 0.1) is 29.0 Å². The van der Waals surface area contributed by atoms with Crippen LogP contribution in [0.5, 0.6) is 0 Å². The van der Waals surface area contributed by atoms with Gasteiger partial charge in [-0.25, -0.2) is 13.8 Å². The first-order chi connectivity index (χ1) is 12.1. The standard InChI is InChI=1S/C16H11ClF5N3S/c1-7-15(26)24-11-6-23-12(16(20,21)22)5-8(11)14(25(7)17)13-9(18)3-2-4-10(13)19/h2-7,14H,1H3,(H,24,26)/t7-,14?/m0/s1. The molecule has 0 saturated heterocycles. The molecule has 0 saturated carbocycles. The Morgan fingerprint density at radius 3 is 2.42 bits per heavy atom. The van der Waals surface area contributed by atoms with E-state index in [0.29, 0.717) is 0 Å². The molecule has 1 aliphatic heterocycles. The van der Waals surface area contributed by atoms with E-state index in [0.717, 1.165) is 34.9 Å². The molecule has 2 atom stereocenters. The first-order valence-electron chi connectivity index (χ1n) is 7.37. The van der Waals surface area contributed by atoms with Crippen molar-refractivity contribution >= 4 is 34.7 Å². The van der Waals surface area contributed by atoms with Gasteiger partial charge in [-0.1, -0.05) is 18.3 Å². The van der Waals surface area contributed by atoms with Crippen LogP contribution in [-0.2, 0) is 6.18 Å². The third-order valence-electron chi connectivity index (χ3n) is 4.05. The van der Waals surface area contributed by atoms with E-state index in [1.54, 1.807) is 6.92 Å². The molecule has 3 nitrogen and oxygen atoms in total. The van der Waals surface area contributed by atoms with Gasteiger partial charge in [0.2, 0.25) is 0 Å². The van der Waals surface area contributed by atoms with Crippen LogP contribution in [0.1, 0.15) is 29.8 Å². The summed E-state index contributed by atoms with van der Waals surface area (Å²) in [6.45, 7) is 1.57. The normalized spacial score (nSPS) is 21.1. The Bertz CT molecular complexity index is 853. The number of pyridine rings is 1. The molecule has 3 rings (SSSR count). The van der Waals surface area contributed by atoms with Crippen molar-refractivity contribution in [3.05, 3.63) is 58.9 Å². The fourth-order valence-electron chi connectivity index (χ4n) is 2.71. The zero-order chi connectivity index (χ0) is 19.2. The van der Waals surface area contributed by atoms with Crippen molar-refractivity contribution < 1.29 is 22.0 Å². The van der Waals surface area contributed by atoms with Crippen LogP contribution in [0.3, 0.4) is 0 Å². The number of halogens is 6. The summed E-state index contributed by atoms with van der Waals surface area (Å²) >= 11 is 11.4. The van der Waals surface area contributed by atoms with Crippen molar-refractivity contribution in [3.63, 3.8) is 0 Å². The smallest absolute Gasteiger partial charge is 0.347 e. The zero-order valence-corrected chi connectivity index (χ0v) is 14.7. The Balaban J connectivity index is 2.30. The van der Waals surface area contributed by atoms with E-state index in [1.807, 2.05) is 0 Å².